The van der Waals surface area contributed by atoms with Crippen LogP contribution in [0.4, 0.5) is 4.39 Å². The summed E-state index contributed by atoms with van der Waals surface area (Å²) in [5.74, 6) is 2.93. The van der Waals surface area contributed by atoms with Gasteiger partial charge in [-0.3, -0.25) is 0 Å². The third-order valence-corrected chi connectivity index (χ3v) is 6.73. The Morgan fingerprint density at radius 2 is 1.90 bits per heavy atom. The summed E-state index contributed by atoms with van der Waals surface area (Å²) in [7, 11) is 0. The van der Waals surface area contributed by atoms with Crippen molar-refractivity contribution in [3.05, 3.63) is 34.1 Å². The molecule has 4 saturated carbocycles. The molecule has 5 rings (SSSR count). The molecule has 0 aromatic heterocycles. The highest BCUT2D eigenvalue weighted by molar-refractivity contribution is 9.10. The van der Waals surface area contributed by atoms with Gasteiger partial charge >= 0.3 is 0 Å². The van der Waals surface area contributed by atoms with Crippen molar-refractivity contribution in [2.45, 2.75) is 37.5 Å². The van der Waals surface area contributed by atoms with Crippen LogP contribution in [0.25, 0.3) is 0 Å². The third kappa shape index (κ3) is 1.82. The molecule has 1 aromatic carbocycles. The minimum absolute atomic E-state index is 0.0144. The van der Waals surface area contributed by atoms with Gasteiger partial charge in [0.15, 0.2) is 0 Å². The molecule has 4 aliphatic rings. The van der Waals surface area contributed by atoms with Gasteiger partial charge in [0.25, 0.3) is 0 Å². The summed E-state index contributed by atoms with van der Waals surface area (Å²) in [6.07, 6.45) is 6.14. The van der Waals surface area contributed by atoms with E-state index in [0.29, 0.717) is 5.92 Å². The second kappa shape index (κ2) is 4.54. The zero-order valence-corrected chi connectivity index (χ0v) is 13.2. The summed E-state index contributed by atoms with van der Waals surface area (Å²) in [6, 6.07) is 5.46. The zero-order valence-electron chi connectivity index (χ0n) is 11.6. The fourth-order valence-corrected chi connectivity index (χ4v) is 6.11. The van der Waals surface area contributed by atoms with E-state index in [1.54, 1.807) is 6.07 Å². The number of nitrogens with two attached hydrogens (primary N) is 1. The molecule has 0 radical (unpaired) electrons. The lowest BCUT2D eigenvalue weighted by Crippen LogP contribution is -2.54. The second-order valence-electron chi connectivity index (χ2n) is 7.27. The summed E-state index contributed by atoms with van der Waals surface area (Å²) in [5, 5.41) is 0. The van der Waals surface area contributed by atoms with Gasteiger partial charge in [-0.1, -0.05) is 15.9 Å². The maximum Gasteiger partial charge on any atom is 0.127 e. The first-order valence-electron chi connectivity index (χ1n) is 7.77. The molecule has 20 heavy (non-hydrogen) atoms. The van der Waals surface area contributed by atoms with Crippen molar-refractivity contribution in [3.63, 3.8) is 0 Å². The van der Waals surface area contributed by atoms with E-state index in [1.165, 1.54) is 19.3 Å². The normalized spacial score (nSPS) is 42.1. The van der Waals surface area contributed by atoms with Crippen LogP contribution in [-0.2, 0) is 5.41 Å². The van der Waals surface area contributed by atoms with Crippen LogP contribution in [0.3, 0.4) is 0 Å². The van der Waals surface area contributed by atoms with Crippen molar-refractivity contribution < 1.29 is 4.39 Å². The summed E-state index contributed by atoms with van der Waals surface area (Å²) < 4.78 is 15.4. The van der Waals surface area contributed by atoms with Gasteiger partial charge in [0, 0.05) is 4.47 Å². The Labute approximate surface area is 128 Å². The Bertz CT molecular complexity index is 528. The topological polar surface area (TPSA) is 26.0 Å². The average molecular weight is 338 g/mol. The Hall–Kier alpha value is -0.410. The maximum absolute atomic E-state index is 14.4. The van der Waals surface area contributed by atoms with Gasteiger partial charge in [0.2, 0.25) is 0 Å². The van der Waals surface area contributed by atoms with Crippen molar-refractivity contribution in [2.75, 3.05) is 6.54 Å². The van der Waals surface area contributed by atoms with Crippen molar-refractivity contribution in [1.82, 2.24) is 0 Å². The lowest BCUT2D eigenvalue weighted by molar-refractivity contribution is -0.0535. The van der Waals surface area contributed by atoms with Gasteiger partial charge in [-0.25, -0.2) is 4.39 Å². The fraction of sp³-hybridized carbons (Fsp3) is 0.647. The van der Waals surface area contributed by atoms with Crippen LogP contribution in [0.1, 0.15) is 37.7 Å². The van der Waals surface area contributed by atoms with Crippen LogP contribution in [0, 0.1) is 29.5 Å². The van der Waals surface area contributed by atoms with Gasteiger partial charge in [-0.05, 0) is 91.5 Å². The highest BCUT2D eigenvalue weighted by atomic mass is 79.9. The van der Waals surface area contributed by atoms with Gasteiger partial charge in [0.1, 0.15) is 5.82 Å². The molecular formula is C17H21BrFN. The standard InChI is InChI=1S/C17H21BrFN/c18-13-1-2-16(19)15(5-13)17-6-10-3-11(7-17)14(9-20)12(4-10)8-17/h1-2,5,10-12,14H,3-4,6-9,20H2. The third-order valence-electron chi connectivity index (χ3n) is 6.24. The molecule has 0 aliphatic heterocycles. The number of hydrogen-bond donors (Lipinski definition) is 1. The Morgan fingerprint density at radius 1 is 1.20 bits per heavy atom. The molecule has 0 saturated heterocycles. The van der Waals surface area contributed by atoms with Crippen LogP contribution in [0.15, 0.2) is 22.7 Å². The van der Waals surface area contributed by atoms with Crippen LogP contribution in [-0.4, -0.2) is 6.54 Å². The van der Waals surface area contributed by atoms with Crippen LogP contribution in [0.2, 0.25) is 0 Å². The van der Waals surface area contributed by atoms with E-state index in [9.17, 15) is 4.39 Å². The van der Waals surface area contributed by atoms with Crippen LogP contribution in [0.5, 0.6) is 0 Å². The van der Waals surface area contributed by atoms with E-state index in [-0.39, 0.29) is 11.2 Å². The van der Waals surface area contributed by atoms with Crippen LogP contribution < -0.4 is 5.73 Å². The zero-order chi connectivity index (χ0) is 13.9. The van der Waals surface area contributed by atoms with E-state index in [2.05, 4.69) is 15.9 Å². The lowest BCUT2D eigenvalue weighted by Gasteiger charge is -2.60. The smallest absolute Gasteiger partial charge is 0.127 e. The first-order valence-corrected chi connectivity index (χ1v) is 8.56. The number of hydrogen-bond acceptors (Lipinski definition) is 1. The molecule has 2 unspecified atom stereocenters. The molecule has 4 fully saturated rings. The molecule has 0 spiro atoms. The van der Waals surface area contributed by atoms with Gasteiger partial charge in [-0.2, -0.15) is 0 Å². The number of rotatable bonds is 2. The minimum Gasteiger partial charge on any atom is -0.330 e. The molecular weight excluding hydrogens is 317 g/mol. The summed E-state index contributed by atoms with van der Waals surface area (Å²) in [6.45, 7) is 0.819. The molecule has 1 aromatic rings. The van der Waals surface area contributed by atoms with E-state index in [0.717, 1.165) is 47.2 Å². The molecule has 4 aliphatic carbocycles. The second-order valence-corrected chi connectivity index (χ2v) is 8.19. The molecule has 1 nitrogen and oxygen atoms in total. The van der Waals surface area contributed by atoms with Crippen LogP contribution >= 0.6 is 15.9 Å². The predicted molar refractivity (Wildman–Crippen MR) is 81.9 cm³/mol. The van der Waals surface area contributed by atoms with Gasteiger partial charge in [-0.15, -0.1) is 0 Å². The summed E-state index contributed by atoms with van der Waals surface area (Å²) in [4.78, 5) is 0. The maximum atomic E-state index is 14.4. The van der Waals surface area contributed by atoms with Gasteiger partial charge < -0.3 is 5.73 Å². The first kappa shape index (κ1) is 13.3. The molecule has 4 bridgehead atoms. The molecule has 0 amide bonds. The summed E-state index contributed by atoms with van der Waals surface area (Å²) in [5.41, 5.74) is 7.06. The van der Waals surface area contributed by atoms with E-state index in [4.69, 9.17) is 5.73 Å². The van der Waals surface area contributed by atoms with Crippen molar-refractivity contribution in [1.29, 1.82) is 0 Å². The predicted octanol–water partition coefficient (Wildman–Crippen LogP) is 4.24. The van der Waals surface area contributed by atoms with E-state index < -0.39 is 0 Å². The summed E-state index contributed by atoms with van der Waals surface area (Å²) >= 11 is 3.51. The quantitative estimate of drug-likeness (QED) is 0.858. The van der Waals surface area contributed by atoms with Crippen molar-refractivity contribution >= 4 is 15.9 Å². The van der Waals surface area contributed by atoms with Gasteiger partial charge in [0.05, 0.1) is 0 Å². The minimum atomic E-state index is -0.0144. The number of halogens is 2. The highest BCUT2D eigenvalue weighted by Crippen LogP contribution is 2.62. The fourth-order valence-electron chi connectivity index (χ4n) is 5.75. The average Bonchev–Trinajstić information content (AvgIpc) is 2.41. The molecule has 2 N–H and O–H groups in total. The molecule has 2 atom stereocenters. The SMILES string of the molecule is NCC1C2CC3CC1CC(c1cc(Br)ccc1F)(C3)C2. The lowest BCUT2D eigenvalue weighted by atomic mass is 9.45. The number of benzene rings is 1. The van der Waals surface area contributed by atoms with Crippen molar-refractivity contribution in [3.8, 4) is 0 Å². The van der Waals surface area contributed by atoms with Crippen molar-refractivity contribution in [2.24, 2.45) is 29.4 Å². The molecule has 108 valence electrons. The Balaban J connectivity index is 1.77. The van der Waals surface area contributed by atoms with E-state index >= 15 is 0 Å². The molecule has 3 heteroatoms. The molecule has 0 heterocycles. The Kier molecular flexibility index (Phi) is 3.01. The van der Waals surface area contributed by atoms with E-state index in [1.807, 2.05) is 12.1 Å². The highest BCUT2D eigenvalue weighted by Gasteiger charge is 2.55. The first-order chi connectivity index (χ1) is 9.61. The monoisotopic (exact) mass is 337 g/mol. The largest absolute Gasteiger partial charge is 0.330 e. The Morgan fingerprint density at radius 3 is 2.55 bits per heavy atom.